The molecule has 0 aliphatic rings. The number of hydrogen-bond donors (Lipinski definition) is 0. The maximum Gasteiger partial charge on any atom is 0.0849 e. The number of rotatable bonds is 3. The van der Waals surface area contributed by atoms with E-state index in [1.165, 1.54) is 31.7 Å². The van der Waals surface area contributed by atoms with E-state index in [0.29, 0.717) is 0 Å². The lowest BCUT2D eigenvalue weighted by molar-refractivity contribution is 1.28. The second-order valence-electron chi connectivity index (χ2n) is 5.74. The Morgan fingerprint density at radius 1 is 0.625 bits per heavy atom. The number of fused-ring (bicyclic) bond motifs is 2. The Labute approximate surface area is 149 Å². The van der Waals surface area contributed by atoms with E-state index in [4.69, 9.17) is 0 Å². The molecule has 2 nitrogen and oxygen atoms in total. The topological polar surface area (TPSA) is 25.8 Å². The molecule has 2 aromatic heterocycles. The Morgan fingerprint density at radius 2 is 1.08 bits per heavy atom. The molecule has 2 heterocycles. The van der Waals surface area contributed by atoms with Crippen LogP contribution in [0.15, 0.2) is 70.7 Å². The van der Waals surface area contributed by atoms with Crippen LogP contribution < -0.4 is 0 Å². The molecule has 0 aliphatic carbocycles. The van der Waals surface area contributed by atoms with Crippen LogP contribution in [-0.4, -0.2) is 9.97 Å². The van der Waals surface area contributed by atoms with Crippen LogP contribution in [0.1, 0.15) is 11.1 Å². The van der Waals surface area contributed by atoms with Gasteiger partial charge in [-0.05, 0) is 58.7 Å². The van der Waals surface area contributed by atoms with Gasteiger partial charge in [0.1, 0.15) is 0 Å². The first-order valence-corrected chi connectivity index (χ1v) is 9.92. The van der Waals surface area contributed by atoms with E-state index in [1.807, 2.05) is 24.5 Å². The fourth-order valence-electron chi connectivity index (χ4n) is 2.73. The van der Waals surface area contributed by atoms with Crippen molar-refractivity contribution >= 4 is 43.4 Å². The third-order valence-electron chi connectivity index (χ3n) is 4.06. The molecule has 0 atom stereocenters. The summed E-state index contributed by atoms with van der Waals surface area (Å²) < 4.78 is 0. The maximum absolute atomic E-state index is 4.59. The molecule has 0 amide bonds. The SMILES string of the molecule is Cc1ccc2cccnc2c1SSc1c(C)ccc2cccnc12. The number of hydrogen-bond acceptors (Lipinski definition) is 4. The van der Waals surface area contributed by atoms with Gasteiger partial charge in [0, 0.05) is 33.0 Å². The van der Waals surface area contributed by atoms with E-state index in [0.717, 1.165) is 11.0 Å². The molecule has 118 valence electrons. The predicted molar refractivity (Wildman–Crippen MR) is 105 cm³/mol. The van der Waals surface area contributed by atoms with Gasteiger partial charge in [-0.15, -0.1) is 0 Å². The van der Waals surface area contributed by atoms with Crippen LogP contribution in [-0.2, 0) is 0 Å². The van der Waals surface area contributed by atoms with Gasteiger partial charge in [-0.2, -0.15) is 0 Å². The van der Waals surface area contributed by atoms with E-state index in [1.54, 1.807) is 21.6 Å². The van der Waals surface area contributed by atoms with Crippen LogP contribution in [0.3, 0.4) is 0 Å². The van der Waals surface area contributed by atoms with Gasteiger partial charge < -0.3 is 0 Å². The number of benzene rings is 2. The summed E-state index contributed by atoms with van der Waals surface area (Å²) in [6, 6.07) is 16.8. The number of pyridine rings is 2. The molecule has 0 fully saturated rings. The molecule has 0 bridgehead atoms. The summed E-state index contributed by atoms with van der Waals surface area (Å²) in [5.74, 6) is 0. The highest BCUT2D eigenvalue weighted by atomic mass is 33.1. The van der Waals surface area contributed by atoms with Crippen molar-refractivity contribution in [1.82, 2.24) is 9.97 Å². The lowest BCUT2D eigenvalue weighted by Crippen LogP contribution is -1.87. The average Bonchev–Trinajstić information content (AvgIpc) is 2.62. The van der Waals surface area contributed by atoms with Crippen molar-refractivity contribution in [1.29, 1.82) is 0 Å². The van der Waals surface area contributed by atoms with E-state index < -0.39 is 0 Å². The standard InChI is InChI=1S/C20H16N2S2/c1-13-7-9-15-5-3-11-21-17(15)19(13)23-24-20-14(2)8-10-16-6-4-12-22-18(16)20/h3-12H,1-2H3. The smallest absolute Gasteiger partial charge is 0.0849 e. The number of aromatic nitrogens is 2. The van der Waals surface area contributed by atoms with Crippen LogP contribution in [0, 0.1) is 13.8 Å². The number of nitrogens with zero attached hydrogens (tertiary/aromatic N) is 2. The zero-order valence-corrected chi connectivity index (χ0v) is 15.1. The summed E-state index contributed by atoms with van der Waals surface area (Å²) in [5, 5.41) is 2.36. The first-order valence-electron chi connectivity index (χ1n) is 7.77. The largest absolute Gasteiger partial charge is 0.255 e. The van der Waals surface area contributed by atoms with Gasteiger partial charge in [0.15, 0.2) is 0 Å². The molecule has 2 aromatic carbocycles. The molecular weight excluding hydrogens is 332 g/mol. The van der Waals surface area contributed by atoms with Crippen molar-refractivity contribution in [3.63, 3.8) is 0 Å². The van der Waals surface area contributed by atoms with Crippen LogP contribution >= 0.6 is 21.6 Å². The highest BCUT2D eigenvalue weighted by Gasteiger charge is 2.11. The van der Waals surface area contributed by atoms with Crippen molar-refractivity contribution < 1.29 is 0 Å². The van der Waals surface area contributed by atoms with Gasteiger partial charge in [0.05, 0.1) is 11.0 Å². The second-order valence-corrected chi connectivity index (χ2v) is 7.89. The average molecular weight is 348 g/mol. The molecule has 0 aliphatic heterocycles. The summed E-state index contributed by atoms with van der Waals surface area (Å²) in [4.78, 5) is 11.6. The molecule has 0 unspecified atom stereocenters. The fraction of sp³-hybridized carbons (Fsp3) is 0.100. The summed E-state index contributed by atoms with van der Waals surface area (Å²) in [6.07, 6.45) is 3.72. The highest BCUT2D eigenvalue weighted by Crippen LogP contribution is 2.44. The van der Waals surface area contributed by atoms with Crippen molar-refractivity contribution in [2.24, 2.45) is 0 Å². The molecule has 0 saturated carbocycles. The zero-order valence-electron chi connectivity index (χ0n) is 13.5. The Morgan fingerprint density at radius 3 is 1.54 bits per heavy atom. The van der Waals surface area contributed by atoms with Crippen LogP contribution in [0.5, 0.6) is 0 Å². The number of aryl methyl sites for hydroxylation is 2. The quantitative estimate of drug-likeness (QED) is 0.412. The van der Waals surface area contributed by atoms with E-state index >= 15 is 0 Å². The first-order chi connectivity index (χ1) is 11.7. The van der Waals surface area contributed by atoms with Gasteiger partial charge >= 0.3 is 0 Å². The molecule has 0 spiro atoms. The van der Waals surface area contributed by atoms with Crippen molar-refractivity contribution in [3.05, 3.63) is 72.1 Å². The Kier molecular flexibility index (Phi) is 4.17. The van der Waals surface area contributed by atoms with Gasteiger partial charge in [-0.3, -0.25) is 9.97 Å². The Balaban J connectivity index is 1.77. The molecule has 24 heavy (non-hydrogen) atoms. The summed E-state index contributed by atoms with van der Waals surface area (Å²) in [7, 11) is 3.55. The summed E-state index contributed by atoms with van der Waals surface area (Å²) in [5.41, 5.74) is 4.65. The highest BCUT2D eigenvalue weighted by molar-refractivity contribution is 8.76. The fourth-order valence-corrected chi connectivity index (χ4v) is 5.56. The molecule has 0 radical (unpaired) electrons. The lowest BCUT2D eigenvalue weighted by Gasteiger charge is -2.11. The molecular formula is C20H16N2S2. The van der Waals surface area contributed by atoms with Gasteiger partial charge in [0.2, 0.25) is 0 Å². The molecule has 0 saturated heterocycles. The van der Waals surface area contributed by atoms with Crippen molar-refractivity contribution in [3.8, 4) is 0 Å². The lowest BCUT2D eigenvalue weighted by atomic mass is 10.1. The zero-order chi connectivity index (χ0) is 16.5. The Hall–Kier alpha value is -2.04. The normalized spacial score (nSPS) is 11.2. The van der Waals surface area contributed by atoms with Gasteiger partial charge in [-0.25, -0.2) is 0 Å². The maximum atomic E-state index is 4.59. The molecule has 0 N–H and O–H groups in total. The van der Waals surface area contributed by atoms with Crippen LogP contribution in [0.4, 0.5) is 0 Å². The first kappa shape index (κ1) is 15.5. The van der Waals surface area contributed by atoms with Crippen molar-refractivity contribution in [2.45, 2.75) is 23.6 Å². The van der Waals surface area contributed by atoms with Crippen LogP contribution in [0.25, 0.3) is 21.8 Å². The molecule has 4 heteroatoms. The van der Waals surface area contributed by atoms with Crippen LogP contribution in [0.2, 0.25) is 0 Å². The summed E-state index contributed by atoms with van der Waals surface area (Å²) >= 11 is 0. The minimum absolute atomic E-state index is 1.07. The van der Waals surface area contributed by atoms with E-state index in [2.05, 4.69) is 60.2 Å². The monoisotopic (exact) mass is 348 g/mol. The predicted octanol–water partition coefficient (Wildman–Crippen LogP) is 6.20. The molecule has 4 rings (SSSR count). The minimum Gasteiger partial charge on any atom is -0.255 e. The second kappa shape index (κ2) is 6.46. The third-order valence-corrected chi connectivity index (χ3v) is 6.76. The van der Waals surface area contributed by atoms with Crippen molar-refractivity contribution in [2.75, 3.05) is 0 Å². The third kappa shape index (κ3) is 2.76. The van der Waals surface area contributed by atoms with E-state index in [-0.39, 0.29) is 0 Å². The minimum atomic E-state index is 1.07. The van der Waals surface area contributed by atoms with E-state index in [9.17, 15) is 0 Å². The Bertz CT molecular complexity index is 959. The van der Waals surface area contributed by atoms with Gasteiger partial charge in [0.25, 0.3) is 0 Å². The molecule has 4 aromatic rings. The van der Waals surface area contributed by atoms with Gasteiger partial charge in [-0.1, -0.05) is 36.4 Å². The summed E-state index contributed by atoms with van der Waals surface area (Å²) in [6.45, 7) is 4.29.